The molecule has 0 saturated heterocycles. The molecule has 0 radical (unpaired) electrons. The van der Waals surface area contributed by atoms with Crippen LogP contribution in [0, 0.1) is 0 Å². The van der Waals surface area contributed by atoms with Crippen LogP contribution in [0.4, 0.5) is 0 Å². The van der Waals surface area contributed by atoms with Crippen molar-refractivity contribution >= 4 is 5.70 Å². The van der Waals surface area contributed by atoms with Crippen LogP contribution in [0.25, 0.3) is 5.70 Å². The van der Waals surface area contributed by atoms with Crippen LogP contribution in [0.15, 0.2) is 24.9 Å². The summed E-state index contributed by atoms with van der Waals surface area (Å²) in [4.78, 5) is 6.74. The van der Waals surface area contributed by atoms with Crippen LogP contribution < -0.4 is 0 Å². The minimum atomic E-state index is 0.155. The molecule has 1 aromatic heterocycles. The Bertz CT molecular complexity index is 367. The van der Waals surface area contributed by atoms with Crippen LogP contribution in [0.1, 0.15) is 45.9 Å². The summed E-state index contributed by atoms with van der Waals surface area (Å²) in [6.45, 7) is 16.9. The van der Waals surface area contributed by atoms with Gasteiger partial charge in [-0.15, -0.1) is 0 Å². The SMILES string of the molecule is C=C(c1ccc(C(C)(C)C)cn1)N(CC)CC. The highest BCUT2D eigenvalue weighted by Gasteiger charge is 2.14. The summed E-state index contributed by atoms with van der Waals surface area (Å²) in [5, 5.41) is 0. The topological polar surface area (TPSA) is 16.1 Å². The van der Waals surface area contributed by atoms with Gasteiger partial charge in [-0.2, -0.15) is 0 Å². The zero-order valence-corrected chi connectivity index (χ0v) is 11.7. The van der Waals surface area contributed by atoms with Crippen LogP contribution >= 0.6 is 0 Å². The van der Waals surface area contributed by atoms with Gasteiger partial charge in [-0.1, -0.05) is 33.4 Å². The minimum absolute atomic E-state index is 0.155. The average Bonchev–Trinajstić information content (AvgIpc) is 2.29. The van der Waals surface area contributed by atoms with Gasteiger partial charge < -0.3 is 4.90 Å². The lowest BCUT2D eigenvalue weighted by molar-refractivity contribution is 0.441. The molecule has 1 rings (SSSR count). The molecule has 1 heterocycles. The molecule has 0 fully saturated rings. The van der Waals surface area contributed by atoms with E-state index in [-0.39, 0.29) is 5.41 Å². The van der Waals surface area contributed by atoms with Crippen LogP contribution in [-0.4, -0.2) is 23.0 Å². The lowest BCUT2D eigenvalue weighted by Gasteiger charge is -2.24. The van der Waals surface area contributed by atoms with E-state index in [1.54, 1.807) is 0 Å². The molecular formula is C15H24N2. The van der Waals surface area contributed by atoms with Crippen molar-refractivity contribution in [3.05, 3.63) is 36.2 Å². The van der Waals surface area contributed by atoms with Crippen molar-refractivity contribution in [3.8, 4) is 0 Å². The van der Waals surface area contributed by atoms with Gasteiger partial charge in [-0.25, -0.2) is 0 Å². The molecule has 0 aliphatic heterocycles. The van der Waals surface area contributed by atoms with Crippen molar-refractivity contribution < 1.29 is 0 Å². The van der Waals surface area contributed by atoms with E-state index >= 15 is 0 Å². The van der Waals surface area contributed by atoms with Crippen LogP contribution in [0.5, 0.6) is 0 Å². The molecule has 0 unspecified atom stereocenters. The van der Waals surface area contributed by atoms with Gasteiger partial charge in [-0.05, 0) is 30.9 Å². The summed E-state index contributed by atoms with van der Waals surface area (Å²) in [6, 6.07) is 4.22. The Kier molecular flexibility index (Phi) is 4.33. The van der Waals surface area contributed by atoms with Crippen molar-refractivity contribution in [2.24, 2.45) is 0 Å². The van der Waals surface area contributed by atoms with Crippen molar-refractivity contribution in [2.75, 3.05) is 13.1 Å². The van der Waals surface area contributed by atoms with E-state index in [0.29, 0.717) is 0 Å². The molecule has 0 atom stereocenters. The third-order valence-corrected chi connectivity index (χ3v) is 3.07. The minimum Gasteiger partial charge on any atom is -0.371 e. The Morgan fingerprint density at radius 2 is 1.82 bits per heavy atom. The Hall–Kier alpha value is -1.31. The largest absolute Gasteiger partial charge is 0.371 e. The van der Waals surface area contributed by atoms with Crippen LogP contribution in [0.3, 0.4) is 0 Å². The maximum Gasteiger partial charge on any atom is 0.0857 e. The average molecular weight is 232 g/mol. The van der Waals surface area contributed by atoms with Gasteiger partial charge in [0.15, 0.2) is 0 Å². The zero-order valence-electron chi connectivity index (χ0n) is 11.7. The van der Waals surface area contributed by atoms with Gasteiger partial charge in [0.05, 0.1) is 11.4 Å². The van der Waals surface area contributed by atoms with E-state index in [9.17, 15) is 0 Å². The van der Waals surface area contributed by atoms with Gasteiger partial charge >= 0.3 is 0 Å². The van der Waals surface area contributed by atoms with Crippen molar-refractivity contribution in [1.82, 2.24) is 9.88 Å². The molecule has 0 aromatic carbocycles. The van der Waals surface area contributed by atoms with Gasteiger partial charge in [0, 0.05) is 19.3 Å². The quantitative estimate of drug-likeness (QED) is 0.787. The molecule has 1 aromatic rings. The van der Waals surface area contributed by atoms with E-state index in [1.165, 1.54) is 5.56 Å². The van der Waals surface area contributed by atoms with Gasteiger partial charge in [-0.3, -0.25) is 4.98 Å². The van der Waals surface area contributed by atoms with E-state index < -0.39 is 0 Å². The normalized spacial score (nSPS) is 11.4. The first-order valence-electron chi connectivity index (χ1n) is 6.30. The van der Waals surface area contributed by atoms with E-state index in [4.69, 9.17) is 0 Å². The lowest BCUT2D eigenvalue weighted by Crippen LogP contribution is -2.21. The van der Waals surface area contributed by atoms with Crippen LogP contribution in [-0.2, 0) is 5.41 Å². The summed E-state index contributed by atoms with van der Waals surface area (Å²) in [5.74, 6) is 0. The van der Waals surface area contributed by atoms with Crippen molar-refractivity contribution in [1.29, 1.82) is 0 Å². The first-order chi connectivity index (χ1) is 7.90. The van der Waals surface area contributed by atoms with E-state index in [2.05, 4.69) is 63.2 Å². The molecule has 0 saturated carbocycles. The molecule has 0 spiro atoms. The molecular weight excluding hydrogens is 208 g/mol. The predicted octanol–water partition coefficient (Wildman–Crippen LogP) is 3.69. The number of rotatable bonds is 4. The molecule has 94 valence electrons. The predicted molar refractivity (Wildman–Crippen MR) is 74.9 cm³/mol. The van der Waals surface area contributed by atoms with Gasteiger partial charge in [0.25, 0.3) is 0 Å². The van der Waals surface area contributed by atoms with Crippen molar-refractivity contribution in [3.63, 3.8) is 0 Å². The third-order valence-electron chi connectivity index (χ3n) is 3.07. The Morgan fingerprint density at radius 1 is 1.24 bits per heavy atom. The summed E-state index contributed by atoms with van der Waals surface area (Å²) in [5.41, 5.74) is 3.40. The molecule has 0 aliphatic rings. The van der Waals surface area contributed by atoms with E-state index in [0.717, 1.165) is 24.5 Å². The second-order valence-corrected chi connectivity index (χ2v) is 5.30. The fourth-order valence-electron chi connectivity index (χ4n) is 1.78. The second-order valence-electron chi connectivity index (χ2n) is 5.30. The fourth-order valence-corrected chi connectivity index (χ4v) is 1.78. The monoisotopic (exact) mass is 232 g/mol. The Morgan fingerprint density at radius 3 is 2.18 bits per heavy atom. The Balaban J connectivity index is 2.91. The summed E-state index contributed by atoms with van der Waals surface area (Å²) >= 11 is 0. The maximum absolute atomic E-state index is 4.52. The van der Waals surface area contributed by atoms with E-state index in [1.807, 2.05) is 6.20 Å². The second kappa shape index (κ2) is 5.35. The summed E-state index contributed by atoms with van der Waals surface area (Å²) < 4.78 is 0. The van der Waals surface area contributed by atoms with Gasteiger partial charge in [0.1, 0.15) is 0 Å². The number of hydrogen-bond donors (Lipinski definition) is 0. The summed E-state index contributed by atoms with van der Waals surface area (Å²) in [7, 11) is 0. The molecule has 2 nitrogen and oxygen atoms in total. The third kappa shape index (κ3) is 3.32. The number of nitrogens with zero attached hydrogens (tertiary/aromatic N) is 2. The van der Waals surface area contributed by atoms with Crippen molar-refractivity contribution in [2.45, 2.75) is 40.0 Å². The molecule has 2 heteroatoms. The smallest absolute Gasteiger partial charge is 0.0857 e. The number of aromatic nitrogens is 1. The number of pyridine rings is 1. The first-order valence-corrected chi connectivity index (χ1v) is 6.30. The highest BCUT2D eigenvalue weighted by Crippen LogP contribution is 2.23. The zero-order chi connectivity index (χ0) is 13.1. The van der Waals surface area contributed by atoms with Gasteiger partial charge in [0.2, 0.25) is 0 Å². The maximum atomic E-state index is 4.52. The fraction of sp³-hybridized carbons (Fsp3) is 0.533. The lowest BCUT2D eigenvalue weighted by atomic mass is 9.88. The number of hydrogen-bond acceptors (Lipinski definition) is 2. The Labute approximate surface area is 105 Å². The molecule has 0 N–H and O–H groups in total. The highest BCUT2D eigenvalue weighted by atomic mass is 15.1. The molecule has 0 bridgehead atoms. The first kappa shape index (κ1) is 13.8. The molecule has 0 aliphatic carbocycles. The molecule has 0 amide bonds. The van der Waals surface area contributed by atoms with Crippen LogP contribution in [0.2, 0.25) is 0 Å². The highest BCUT2D eigenvalue weighted by molar-refractivity contribution is 5.58. The molecule has 17 heavy (non-hydrogen) atoms. The standard InChI is InChI=1S/C15H24N2/c1-7-17(8-2)12(3)14-10-9-13(11-16-14)15(4,5)6/h9-11H,3,7-8H2,1-2,4-6H3. The summed E-state index contributed by atoms with van der Waals surface area (Å²) in [6.07, 6.45) is 1.96.